The number of nitrogens with one attached hydrogen (secondary N) is 1. The Morgan fingerprint density at radius 1 is 1.33 bits per heavy atom. The summed E-state index contributed by atoms with van der Waals surface area (Å²) >= 11 is 1.70. The first-order valence-corrected chi connectivity index (χ1v) is 8.75. The van der Waals surface area contributed by atoms with E-state index >= 15 is 0 Å². The quantitative estimate of drug-likeness (QED) is 0.891. The zero-order valence-corrected chi connectivity index (χ0v) is 13.4. The van der Waals surface area contributed by atoms with Crippen LogP contribution in [0.25, 0.3) is 10.2 Å². The lowest BCUT2D eigenvalue weighted by Gasteiger charge is -2.15. The molecule has 0 unspecified atom stereocenters. The van der Waals surface area contributed by atoms with Gasteiger partial charge < -0.3 is 14.8 Å². The fraction of sp³-hybridized carbons (Fsp3) is 0.562. The first-order chi connectivity index (χ1) is 10.3. The summed E-state index contributed by atoms with van der Waals surface area (Å²) in [5.74, 6) is 0.0612. The van der Waals surface area contributed by atoms with Gasteiger partial charge in [-0.25, -0.2) is 0 Å². The molecule has 0 aliphatic carbocycles. The van der Waals surface area contributed by atoms with Gasteiger partial charge in [0.15, 0.2) is 0 Å². The molecule has 114 valence electrons. The molecule has 0 atom stereocenters. The van der Waals surface area contributed by atoms with Gasteiger partial charge in [-0.2, -0.15) is 0 Å². The lowest BCUT2D eigenvalue weighted by atomic mass is 10.3. The van der Waals surface area contributed by atoms with Gasteiger partial charge in [0.25, 0.3) is 5.91 Å². The second kappa shape index (κ2) is 6.62. The fourth-order valence-corrected chi connectivity index (χ4v) is 3.88. The highest BCUT2D eigenvalue weighted by atomic mass is 32.1. The lowest BCUT2D eigenvalue weighted by Crippen LogP contribution is -2.34. The van der Waals surface area contributed by atoms with Gasteiger partial charge in [0.05, 0.1) is 10.2 Å². The van der Waals surface area contributed by atoms with Gasteiger partial charge in [-0.15, -0.1) is 11.3 Å². The van der Waals surface area contributed by atoms with Crippen LogP contribution in [-0.4, -0.2) is 41.6 Å². The number of carbonyl (C=O) groups is 1. The Labute approximate surface area is 129 Å². The van der Waals surface area contributed by atoms with Gasteiger partial charge in [-0.05, 0) is 49.9 Å². The SMILES string of the molecule is CCCn1c(C(=O)NCCN2CCCC2)cc2sccc21. The maximum absolute atomic E-state index is 12.4. The minimum absolute atomic E-state index is 0.0612. The molecular weight excluding hydrogens is 282 g/mol. The summed E-state index contributed by atoms with van der Waals surface area (Å²) in [7, 11) is 0. The highest BCUT2D eigenvalue weighted by molar-refractivity contribution is 7.17. The summed E-state index contributed by atoms with van der Waals surface area (Å²) in [6, 6.07) is 4.14. The molecule has 1 saturated heterocycles. The number of fused-ring (bicyclic) bond motifs is 1. The zero-order valence-electron chi connectivity index (χ0n) is 12.6. The molecule has 3 heterocycles. The number of aryl methyl sites for hydroxylation is 1. The predicted molar refractivity (Wildman–Crippen MR) is 88.1 cm³/mol. The normalized spacial score (nSPS) is 15.9. The molecule has 2 aromatic heterocycles. The highest BCUT2D eigenvalue weighted by Crippen LogP contribution is 2.25. The van der Waals surface area contributed by atoms with Gasteiger partial charge in [-0.1, -0.05) is 6.92 Å². The molecule has 2 aromatic rings. The smallest absolute Gasteiger partial charge is 0.268 e. The standard InChI is InChI=1S/C16H23N3OS/c1-2-7-19-13-5-11-21-15(13)12-14(19)16(20)17-6-10-18-8-3-4-9-18/h5,11-12H,2-4,6-10H2,1H3,(H,17,20). The van der Waals surface area contributed by atoms with Crippen LogP contribution in [0.15, 0.2) is 17.5 Å². The molecule has 0 radical (unpaired) electrons. The van der Waals surface area contributed by atoms with Crippen molar-refractivity contribution < 1.29 is 4.79 Å². The van der Waals surface area contributed by atoms with E-state index < -0.39 is 0 Å². The molecule has 0 bridgehead atoms. The third kappa shape index (κ3) is 3.14. The number of carbonyl (C=O) groups excluding carboxylic acids is 1. The summed E-state index contributed by atoms with van der Waals surface area (Å²) in [5, 5.41) is 5.17. The van der Waals surface area contributed by atoms with Gasteiger partial charge >= 0.3 is 0 Å². The van der Waals surface area contributed by atoms with E-state index in [0.717, 1.165) is 31.7 Å². The Balaban J connectivity index is 1.65. The van der Waals surface area contributed by atoms with Crippen molar-refractivity contribution in [1.82, 2.24) is 14.8 Å². The van der Waals surface area contributed by atoms with E-state index in [4.69, 9.17) is 0 Å². The second-order valence-corrected chi connectivity index (χ2v) is 6.60. The number of rotatable bonds is 6. The lowest BCUT2D eigenvalue weighted by molar-refractivity contribution is 0.0941. The molecule has 5 heteroatoms. The Morgan fingerprint density at radius 3 is 2.90 bits per heavy atom. The molecule has 21 heavy (non-hydrogen) atoms. The predicted octanol–water partition coefficient (Wildman–Crippen LogP) is 2.94. The number of thiophene rings is 1. The number of likely N-dealkylation sites (tertiary alicyclic amines) is 1. The van der Waals surface area contributed by atoms with Crippen molar-refractivity contribution in [2.75, 3.05) is 26.2 Å². The minimum Gasteiger partial charge on any atom is -0.349 e. The molecule has 1 aliphatic heterocycles. The van der Waals surface area contributed by atoms with Crippen molar-refractivity contribution in [2.45, 2.75) is 32.7 Å². The number of aromatic nitrogens is 1. The number of hydrogen-bond acceptors (Lipinski definition) is 3. The molecule has 3 rings (SSSR count). The minimum atomic E-state index is 0.0612. The Bertz CT molecular complexity index is 610. The van der Waals surface area contributed by atoms with Crippen LogP contribution in [0.5, 0.6) is 0 Å². The van der Waals surface area contributed by atoms with Crippen LogP contribution in [-0.2, 0) is 6.54 Å². The highest BCUT2D eigenvalue weighted by Gasteiger charge is 2.16. The van der Waals surface area contributed by atoms with Crippen molar-refractivity contribution in [3.63, 3.8) is 0 Å². The monoisotopic (exact) mass is 305 g/mol. The van der Waals surface area contributed by atoms with Crippen molar-refractivity contribution in [3.8, 4) is 0 Å². The third-order valence-electron chi connectivity index (χ3n) is 4.11. The van der Waals surface area contributed by atoms with Gasteiger partial charge in [0.1, 0.15) is 5.69 Å². The van der Waals surface area contributed by atoms with Crippen molar-refractivity contribution >= 4 is 27.5 Å². The Hall–Kier alpha value is -1.33. The molecule has 0 spiro atoms. The maximum atomic E-state index is 12.4. The van der Waals surface area contributed by atoms with Gasteiger partial charge in [-0.3, -0.25) is 4.79 Å². The first-order valence-electron chi connectivity index (χ1n) is 7.87. The van der Waals surface area contributed by atoms with E-state index in [1.807, 2.05) is 6.07 Å². The Kier molecular flexibility index (Phi) is 4.60. The molecule has 1 aliphatic rings. The van der Waals surface area contributed by atoms with Crippen molar-refractivity contribution in [3.05, 3.63) is 23.2 Å². The number of nitrogens with zero attached hydrogens (tertiary/aromatic N) is 2. The van der Waals surface area contributed by atoms with E-state index in [1.54, 1.807) is 11.3 Å². The van der Waals surface area contributed by atoms with Crippen LogP contribution in [0.1, 0.15) is 36.7 Å². The van der Waals surface area contributed by atoms with Crippen LogP contribution >= 0.6 is 11.3 Å². The van der Waals surface area contributed by atoms with Crippen LogP contribution in [0.2, 0.25) is 0 Å². The molecule has 1 fully saturated rings. The topological polar surface area (TPSA) is 37.3 Å². The van der Waals surface area contributed by atoms with Gasteiger partial charge in [0, 0.05) is 19.6 Å². The molecule has 4 nitrogen and oxygen atoms in total. The average molecular weight is 305 g/mol. The van der Waals surface area contributed by atoms with E-state index in [0.29, 0.717) is 0 Å². The Morgan fingerprint density at radius 2 is 2.14 bits per heavy atom. The molecule has 0 aromatic carbocycles. The van der Waals surface area contributed by atoms with E-state index in [9.17, 15) is 4.79 Å². The van der Waals surface area contributed by atoms with Crippen molar-refractivity contribution in [1.29, 1.82) is 0 Å². The number of amides is 1. The van der Waals surface area contributed by atoms with E-state index in [2.05, 4.69) is 33.2 Å². The van der Waals surface area contributed by atoms with Crippen molar-refractivity contribution in [2.24, 2.45) is 0 Å². The average Bonchev–Trinajstić information content (AvgIpc) is 3.17. The second-order valence-electron chi connectivity index (χ2n) is 5.66. The molecule has 1 amide bonds. The summed E-state index contributed by atoms with van der Waals surface area (Å²) in [5.41, 5.74) is 1.99. The number of hydrogen-bond donors (Lipinski definition) is 1. The summed E-state index contributed by atoms with van der Waals surface area (Å²) in [6.07, 6.45) is 3.63. The summed E-state index contributed by atoms with van der Waals surface area (Å²) in [4.78, 5) is 14.9. The largest absolute Gasteiger partial charge is 0.349 e. The first kappa shape index (κ1) is 14.6. The van der Waals surface area contributed by atoms with Crippen LogP contribution in [0.4, 0.5) is 0 Å². The summed E-state index contributed by atoms with van der Waals surface area (Å²) < 4.78 is 3.35. The molecule has 0 saturated carbocycles. The summed E-state index contributed by atoms with van der Waals surface area (Å²) in [6.45, 7) is 7.11. The third-order valence-corrected chi connectivity index (χ3v) is 4.97. The molecule has 1 N–H and O–H groups in total. The van der Waals surface area contributed by atoms with Crippen LogP contribution < -0.4 is 5.32 Å². The van der Waals surface area contributed by atoms with Gasteiger partial charge in [0.2, 0.25) is 0 Å². The maximum Gasteiger partial charge on any atom is 0.268 e. The zero-order chi connectivity index (χ0) is 14.7. The molecular formula is C16H23N3OS. The van der Waals surface area contributed by atoms with E-state index in [1.165, 1.54) is 36.1 Å². The van der Waals surface area contributed by atoms with E-state index in [-0.39, 0.29) is 5.91 Å². The van der Waals surface area contributed by atoms with Crippen LogP contribution in [0, 0.1) is 0 Å². The van der Waals surface area contributed by atoms with Crippen LogP contribution in [0.3, 0.4) is 0 Å². The fourth-order valence-electron chi connectivity index (χ4n) is 3.05.